The largest absolute Gasteiger partial charge is 0.486 e. The number of nitrogens with zero attached hydrogens (tertiary/aromatic N) is 2. The Hall–Kier alpha value is -3.03. The second-order valence-electron chi connectivity index (χ2n) is 5.80. The average molecular weight is 359 g/mol. The van der Waals surface area contributed by atoms with E-state index < -0.39 is 0 Å². The molecule has 8 heteroatoms. The Morgan fingerprint density at radius 2 is 2.12 bits per heavy atom. The highest BCUT2D eigenvalue weighted by atomic mass is 16.6. The number of rotatable bonds is 7. The molecule has 0 saturated heterocycles. The van der Waals surface area contributed by atoms with E-state index in [1.54, 1.807) is 24.0 Å². The van der Waals surface area contributed by atoms with E-state index in [1.807, 2.05) is 24.3 Å². The molecule has 1 aliphatic rings. The standard InChI is InChI=1S/C18H21N3O5/c1-2-24-18(23)8-7-17(22)20-13-9-19-21(10-13)11-14-12-25-15-5-3-4-6-16(15)26-14/h3-6,9-10,14H,2,7-8,11-12H2,1H3,(H,20,22)/t14-/m1/s1. The summed E-state index contributed by atoms with van der Waals surface area (Å²) < 4.78 is 18.0. The molecule has 0 unspecified atom stereocenters. The van der Waals surface area contributed by atoms with Crippen LogP contribution in [0.2, 0.25) is 0 Å². The molecule has 0 bridgehead atoms. The third-order valence-corrected chi connectivity index (χ3v) is 3.74. The van der Waals surface area contributed by atoms with E-state index >= 15 is 0 Å². The predicted octanol–water partition coefficient (Wildman–Crippen LogP) is 2.00. The van der Waals surface area contributed by atoms with Crippen LogP contribution in [0.25, 0.3) is 0 Å². The number of carbonyl (C=O) groups excluding carboxylic acids is 2. The Morgan fingerprint density at radius 3 is 2.92 bits per heavy atom. The number of para-hydroxylation sites is 2. The molecule has 1 aromatic carbocycles. The molecular formula is C18H21N3O5. The number of esters is 1. The first-order valence-corrected chi connectivity index (χ1v) is 8.50. The van der Waals surface area contributed by atoms with Gasteiger partial charge in [0.15, 0.2) is 17.6 Å². The molecule has 1 N–H and O–H groups in total. The summed E-state index contributed by atoms with van der Waals surface area (Å²) in [6.45, 7) is 2.96. The van der Waals surface area contributed by atoms with Crippen molar-refractivity contribution < 1.29 is 23.8 Å². The maximum atomic E-state index is 11.9. The van der Waals surface area contributed by atoms with Gasteiger partial charge in [-0.15, -0.1) is 0 Å². The summed E-state index contributed by atoms with van der Waals surface area (Å²) in [6.07, 6.45) is 3.23. The van der Waals surface area contributed by atoms with E-state index in [-0.39, 0.29) is 30.8 Å². The van der Waals surface area contributed by atoms with Crippen LogP contribution < -0.4 is 14.8 Å². The maximum Gasteiger partial charge on any atom is 0.306 e. The van der Waals surface area contributed by atoms with Crippen molar-refractivity contribution in [2.75, 3.05) is 18.5 Å². The lowest BCUT2D eigenvalue weighted by molar-refractivity contribution is -0.144. The SMILES string of the molecule is CCOC(=O)CCC(=O)Nc1cnn(C[C@@H]2COc3ccccc3O2)c1. The van der Waals surface area contributed by atoms with Gasteiger partial charge >= 0.3 is 5.97 Å². The number of fused-ring (bicyclic) bond motifs is 1. The molecule has 0 spiro atoms. The van der Waals surface area contributed by atoms with Crippen molar-refractivity contribution in [2.24, 2.45) is 0 Å². The topological polar surface area (TPSA) is 91.7 Å². The highest BCUT2D eigenvalue weighted by Gasteiger charge is 2.21. The fraction of sp³-hybridized carbons (Fsp3) is 0.389. The van der Waals surface area contributed by atoms with Crippen molar-refractivity contribution in [3.63, 3.8) is 0 Å². The second kappa shape index (κ2) is 8.37. The van der Waals surface area contributed by atoms with E-state index in [0.29, 0.717) is 31.2 Å². The predicted molar refractivity (Wildman–Crippen MR) is 93.1 cm³/mol. The van der Waals surface area contributed by atoms with Crippen molar-refractivity contribution in [3.8, 4) is 11.5 Å². The number of aromatic nitrogens is 2. The van der Waals surface area contributed by atoms with Gasteiger partial charge in [-0.2, -0.15) is 5.10 Å². The van der Waals surface area contributed by atoms with Crippen LogP contribution in [0.3, 0.4) is 0 Å². The molecule has 2 heterocycles. The number of anilines is 1. The summed E-state index contributed by atoms with van der Waals surface area (Å²) in [6, 6.07) is 7.51. The van der Waals surface area contributed by atoms with Gasteiger partial charge in [0.1, 0.15) is 6.61 Å². The minimum atomic E-state index is -0.381. The van der Waals surface area contributed by atoms with Gasteiger partial charge in [0.05, 0.1) is 31.5 Å². The highest BCUT2D eigenvalue weighted by molar-refractivity contribution is 5.92. The molecule has 26 heavy (non-hydrogen) atoms. The third kappa shape index (κ3) is 4.75. The van der Waals surface area contributed by atoms with Gasteiger partial charge in [0, 0.05) is 12.6 Å². The zero-order valence-corrected chi connectivity index (χ0v) is 14.5. The van der Waals surface area contributed by atoms with Crippen molar-refractivity contribution >= 4 is 17.6 Å². The smallest absolute Gasteiger partial charge is 0.306 e. The van der Waals surface area contributed by atoms with Gasteiger partial charge in [0.25, 0.3) is 0 Å². The van der Waals surface area contributed by atoms with Crippen LogP contribution in [0.4, 0.5) is 5.69 Å². The third-order valence-electron chi connectivity index (χ3n) is 3.74. The Labute approximate surface area is 151 Å². The molecule has 0 saturated carbocycles. The van der Waals surface area contributed by atoms with Crippen molar-refractivity contribution in [1.29, 1.82) is 0 Å². The zero-order valence-electron chi connectivity index (χ0n) is 14.5. The molecule has 138 valence electrons. The fourth-order valence-electron chi connectivity index (χ4n) is 2.56. The lowest BCUT2D eigenvalue weighted by Gasteiger charge is -2.26. The monoisotopic (exact) mass is 359 g/mol. The Kier molecular flexibility index (Phi) is 5.73. The summed E-state index contributed by atoms with van der Waals surface area (Å²) in [5.41, 5.74) is 0.566. The summed E-state index contributed by atoms with van der Waals surface area (Å²) in [7, 11) is 0. The number of benzene rings is 1. The molecule has 0 radical (unpaired) electrons. The van der Waals surface area contributed by atoms with Gasteiger partial charge in [0.2, 0.25) is 5.91 Å². The van der Waals surface area contributed by atoms with E-state index in [1.165, 1.54) is 0 Å². The molecular weight excluding hydrogens is 338 g/mol. The average Bonchev–Trinajstić information content (AvgIpc) is 3.07. The van der Waals surface area contributed by atoms with Crippen LogP contribution in [0, 0.1) is 0 Å². The van der Waals surface area contributed by atoms with Crippen molar-refractivity contribution in [3.05, 3.63) is 36.7 Å². The lowest BCUT2D eigenvalue weighted by Crippen LogP contribution is -2.33. The summed E-state index contributed by atoms with van der Waals surface area (Å²) >= 11 is 0. The van der Waals surface area contributed by atoms with Crippen LogP contribution in [0.15, 0.2) is 36.7 Å². The number of ether oxygens (including phenoxy) is 3. The van der Waals surface area contributed by atoms with Gasteiger partial charge in [-0.3, -0.25) is 14.3 Å². The minimum Gasteiger partial charge on any atom is -0.486 e. The first kappa shape index (κ1) is 17.8. The zero-order chi connectivity index (χ0) is 18.4. The van der Waals surface area contributed by atoms with E-state index in [4.69, 9.17) is 14.2 Å². The highest BCUT2D eigenvalue weighted by Crippen LogP contribution is 2.31. The second-order valence-corrected chi connectivity index (χ2v) is 5.80. The fourth-order valence-corrected chi connectivity index (χ4v) is 2.56. The first-order chi connectivity index (χ1) is 12.6. The van der Waals surface area contributed by atoms with E-state index in [2.05, 4.69) is 10.4 Å². The normalized spacial score (nSPS) is 15.3. The summed E-state index contributed by atoms with van der Waals surface area (Å²) in [5, 5.41) is 6.93. The molecule has 1 amide bonds. The van der Waals surface area contributed by atoms with Crippen LogP contribution in [-0.4, -0.2) is 41.0 Å². The van der Waals surface area contributed by atoms with Crippen molar-refractivity contribution in [1.82, 2.24) is 9.78 Å². The number of amides is 1. The quantitative estimate of drug-likeness (QED) is 0.761. The Balaban J connectivity index is 1.48. The molecule has 0 aliphatic carbocycles. The number of nitrogens with one attached hydrogen (secondary N) is 1. The Morgan fingerprint density at radius 1 is 1.31 bits per heavy atom. The molecule has 1 aromatic heterocycles. The van der Waals surface area contributed by atoms with Gasteiger partial charge in [-0.1, -0.05) is 12.1 Å². The van der Waals surface area contributed by atoms with E-state index in [0.717, 1.165) is 5.75 Å². The maximum absolute atomic E-state index is 11.9. The van der Waals surface area contributed by atoms with Crippen LogP contribution in [0.5, 0.6) is 11.5 Å². The van der Waals surface area contributed by atoms with Crippen molar-refractivity contribution in [2.45, 2.75) is 32.4 Å². The van der Waals surface area contributed by atoms with Gasteiger partial charge in [-0.25, -0.2) is 0 Å². The number of hydrogen-bond donors (Lipinski definition) is 1. The van der Waals surface area contributed by atoms with E-state index in [9.17, 15) is 9.59 Å². The van der Waals surface area contributed by atoms with Gasteiger partial charge in [-0.05, 0) is 19.1 Å². The van der Waals surface area contributed by atoms with Crippen LogP contribution in [-0.2, 0) is 20.9 Å². The Bertz CT molecular complexity index is 774. The molecule has 1 atom stereocenters. The molecule has 3 rings (SSSR count). The van der Waals surface area contributed by atoms with Crippen LogP contribution in [0.1, 0.15) is 19.8 Å². The molecule has 0 fully saturated rings. The number of hydrogen-bond acceptors (Lipinski definition) is 6. The van der Waals surface area contributed by atoms with Gasteiger partial charge < -0.3 is 19.5 Å². The summed E-state index contributed by atoms with van der Waals surface area (Å²) in [5.74, 6) is 0.805. The minimum absolute atomic E-state index is 0.0560. The lowest BCUT2D eigenvalue weighted by atomic mass is 10.2. The summed E-state index contributed by atoms with van der Waals surface area (Å²) in [4.78, 5) is 23.1. The van der Waals surface area contributed by atoms with Crippen LogP contribution >= 0.6 is 0 Å². The number of carbonyl (C=O) groups is 2. The first-order valence-electron chi connectivity index (χ1n) is 8.50. The molecule has 2 aromatic rings. The molecule has 1 aliphatic heterocycles. The molecule has 8 nitrogen and oxygen atoms in total.